The van der Waals surface area contributed by atoms with Crippen molar-refractivity contribution in [2.75, 3.05) is 27.8 Å². The zero-order chi connectivity index (χ0) is 26.4. The van der Waals surface area contributed by atoms with Crippen LogP contribution >= 0.6 is 0 Å². The van der Waals surface area contributed by atoms with Gasteiger partial charge in [-0.25, -0.2) is 0 Å². The van der Waals surface area contributed by atoms with Gasteiger partial charge in [-0.05, 0) is 55.9 Å². The Labute approximate surface area is 216 Å². The van der Waals surface area contributed by atoms with Gasteiger partial charge in [-0.15, -0.1) is 0 Å². The van der Waals surface area contributed by atoms with Crippen LogP contribution in [-0.4, -0.2) is 44.6 Å². The second-order valence-electron chi connectivity index (χ2n) is 10.7. The number of aliphatic hydroxyl groups excluding tert-OH is 1. The first kappa shape index (κ1) is 25.6. The van der Waals surface area contributed by atoms with E-state index in [0.29, 0.717) is 53.2 Å². The molecule has 0 unspecified atom stereocenters. The van der Waals surface area contributed by atoms with Crippen LogP contribution in [-0.2, 0) is 15.9 Å². The number of hydrogen-bond donors (Lipinski definition) is 1. The lowest BCUT2D eigenvalue weighted by molar-refractivity contribution is -0.137. The highest BCUT2D eigenvalue weighted by Crippen LogP contribution is 2.55. The molecule has 0 radical (unpaired) electrons. The predicted molar refractivity (Wildman–Crippen MR) is 138 cm³/mol. The summed E-state index contributed by atoms with van der Waals surface area (Å²) in [7, 11) is 3.12. The molecule has 1 aliphatic carbocycles. The van der Waals surface area contributed by atoms with E-state index in [-0.39, 0.29) is 30.3 Å². The summed E-state index contributed by atoms with van der Waals surface area (Å²) in [6.45, 7) is 6.43. The Morgan fingerprint density at radius 3 is 2.43 bits per heavy atom. The van der Waals surface area contributed by atoms with E-state index >= 15 is 0 Å². The minimum absolute atomic E-state index is 0.0313. The molecule has 0 amide bonds. The highest BCUT2D eigenvalue weighted by atomic mass is 16.7. The van der Waals surface area contributed by atoms with Crippen molar-refractivity contribution in [3.05, 3.63) is 52.2 Å². The Balaban J connectivity index is 1.63. The van der Waals surface area contributed by atoms with Crippen molar-refractivity contribution < 1.29 is 33.2 Å². The van der Waals surface area contributed by atoms with Crippen LogP contribution in [0.15, 0.2) is 45.6 Å². The molecule has 5 rings (SSSR count). The fraction of sp³-hybridized carbons (Fsp3) is 0.483. The minimum atomic E-state index is -0.536. The molecule has 2 aromatic carbocycles. The van der Waals surface area contributed by atoms with Gasteiger partial charge in [0.15, 0.2) is 19.0 Å². The summed E-state index contributed by atoms with van der Waals surface area (Å²) in [5, 5.41) is 11.2. The topological polar surface area (TPSA) is 96.6 Å². The summed E-state index contributed by atoms with van der Waals surface area (Å²) in [5.41, 5.74) is 0.815. The maximum atomic E-state index is 13.5. The summed E-state index contributed by atoms with van der Waals surface area (Å²) in [4.78, 5) is 13.5. The molecule has 2 aliphatic rings. The normalized spacial score (nSPS) is 24.2. The van der Waals surface area contributed by atoms with Crippen LogP contribution in [0.3, 0.4) is 0 Å². The molecule has 3 atom stereocenters. The highest BCUT2D eigenvalue weighted by molar-refractivity contribution is 5.89. The molecular weight excluding hydrogens is 476 g/mol. The average Bonchev–Trinajstić information content (AvgIpc) is 2.88. The quantitative estimate of drug-likeness (QED) is 0.448. The lowest BCUT2D eigenvalue weighted by Crippen LogP contribution is -2.58. The molecule has 2 heterocycles. The van der Waals surface area contributed by atoms with Crippen LogP contribution in [0.2, 0.25) is 0 Å². The number of ether oxygens (including phenoxy) is 5. The predicted octanol–water partition coefficient (Wildman–Crippen LogP) is 4.92. The number of rotatable bonds is 7. The molecule has 37 heavy (non-hydrogen) atoms. The molecule has 0 bridgehead atoms. The molecule has 1 aromatic heterocycles. The average molecular weight is 511 g/mol. The van der Waals surface area contributed by atoms with Crippen LogP contribution in [0, 0.1) is 11.3 Å². The van der Waals surface area contributed by atoms with Crippen molar-refractivity contribution in [2.24, 2.45) is 11.3 Å². The van der Waals surface area contributed by atoms with Gasteiger partial charge in [0.2, 0.25) is 0 Å². The summed E-state index contributed by atoms with van der Waals surface area (Å²) in [6, 6.07) is 10.5. The molecule has 0 spiro atoms. The first-order valence-corrected chi connectivity index (χ1v) is 12.5. The van der Waals surface area contributed by atoms with Crippen molar-refractivity contribution in [3.63, 3.8) is 0 Å². The van der Waals surface area contributed by atoms with Crippen molar-refractivity contribution in [1.29, 1.82) is 0 Å². The van der Waals surface area contributed by atoms with E-state index in [2.05, 4.69) is 20.8 Å². The van der Waals surface area contributed by atoms with Gasteiger partial charge in [-0.1, -0.05) is 13.8 Å². The van der Waals surface area contributed by atoms with E-state index in [1.807, 2.05) is 12.1 Å². The van der Waals surface area contributed by atoms with Crippen LogP contribution in [0.25, 0.3) is 22.3 Å². The number of hydrogen-bond acceptors (Lipinski definition) is 8. The number of aliphatic hydroxyl groups is 1. The van der Waals surface area contributed by atoms with Gasteiger partial charge in [0.1, 0.15) is 39.6 Å². The van der Waals surface area contributed by atoms with Crippen molar-refractivity contribution >= 4 is 11.0 Å². The largest absolute Gasteiger partial charge is 0.486 e. The third kappa shape index (κ3) is 4.47. The molecule has 8 heteroatoms. The molecule has 8 nitrogen and oxygen atoms in total. The fourth-order valence-electron chi connectivity index (χ4n) is 5.87. The van der Waals surface area contributed by atoms with Crippen LogP contribution in [0.5, 0.6) is 17.2 Å². The number of fused-ring (bicyclic) bond motifs is 4. The van der Waals surface area contributed by atoms with Gasteiger partial charge in [-0.3, -0.25) is 4.79 Å². The van der Waals surface area contributed by atoms with E-state index in [1.165, 1.54) is 6.07 Å². The SMILES string of the molecule is COCOc1ccc(-c2cc(=O)c3c4c(c(OCOC)cc3o2)C[C@H]2C(C)(C)[C@H](O)CC[C@@]2(C)O4)cc1. The molecule has 1 aliphatic heterocycles. The Hall–Kier alpha value is -3.07. The first-order valence-electron chi connectivity index (χ1n) is 12.5. The molecule has 3 aromatic rings. The Morgan fingerprint density at radius 1 is 1.03 bits per heavy atom. The van der Waals surface area contributed by atoms with Crippen LogP contribution < -0.4 is 19.6 Å². The lowest BCUT2D eigenvalue weighted by atomic mass is 9.57. The van der Waals surface area contributed by atoms with Crippen molar-refractivity contribution in [2.45, 2.75) is 51.7 Å². The van der Waals surface area contributed by atoms with Gasteiger partial charge in [0.25, 0.3) is 0 Å². The molecule has 198 valence electrons. The molecule has 1 fully saturated rings. The van der Waals surface area contributed by atoms with E-state index in [4.69, 9.17) is 28.1 Å². The Kier molecular flexibility index (Phi) is 6.68. The zero-order valence-electron chi connectivity index (χ0n) is 22.0. The molecular formula is C29H34O8. The minimum Gasteiger partial charge on any atom is -0.486 e. The van der Waals surface area contributed by atoms with E-state index < -0.39 is 11.7 Å². The van der Waals surface area contributed by atoms with Gasteiger partial charge >= 0.3 is 0 Å². The first-order chi connectivity index (χ1) is 17.7. The summed E-state index contributed by atoms with van der Waals surface area (Å²) >= 11 is 0. The van der Waals surface area contributed by atoms with E-state index in [0.717, 1.165) is 11.1 Å². The van der Waals surface area contributed by atoms with Crippen LogP contribution in [0.4, 0.5) is 0 Å². The maximum absolute atomic E-state index is 13.5. The van der Waals surface area contributed by atoms with E-state index in [9.17, 15) is 9.90 Å². The van der Waals surface area contributed by atoms with Crippen molar-refractivity contribution in [1.82, 2.24) is 0 Å². The highest BCUT2D eigenvalue weighted by Gasteiger charge is 2.55. The summed E-state index contributed by atoms with van der Waals surface area (Å²) in [6.07, 6.45) is 1.50. The smallest absolute Gasteiger partial charge is 0.197 e. The fourth-order valence-corrected chi connectivity index (χ4v) is 5.87. The third-order valence-electron chi connectivity index (χ3n) is 8.00. The second kappa shape index (κ2) is 9.67. The van der Waals surface area contributed by atoms with E-state index in [1.54, 1.807) is 32.4 Å². The molecule has 1 N–H and O–H groups in total. The molecule has 1 saturated carbocycles. The lowest BCUT2D eigenvalue weighted by Gasteiger charge is -2.55. The third-order valence-corrected chi connectivity index (χ3v) is 8.00. The zero-order valence-corrected chi connectivity index (χ0v) is 22.0. The van der Waals surface area contributed by atoms with Crippen molar-refractivity contribution in [3.8, 4) is 28.6 Å². The second-order valence-corrected chi connectivity index (χ2v) is 10.7. The summed E-state index contributed by atoms with van der Waals surface area (Å²) < 4.78 is 34.5. The standard InChI is InChI=1S/C29H34O8/c1-28(2)24-12-19-22(35-16-33-5)14-23-26(27(19)37-29(24,3)11-10-25(28)31)20(30)13-21(36-23)17-6-8-18(9-7-17)34-15-32-4/h6-9,13-14,24-25,31H,10-12,15-16H2,1-5H3/t24-,25+,29+/m0/s1. The Bertz CT molecular complexity index is 1340. The van der Waals surface area contributed by atoms with Gasteiger partial charge in [-0.2, -0.15) is 0 Å². The summed E-state index contributed by atoms with van der Waals surface area (Å²) in [5.74, 6) is 2.15. The maximum Gasteiger partial charge on any atom is 0.197 e. The molecule has 0 saturated heterocycles. The van der Waals surface area contributed by atoms with Gasteiger partial charge in [0, 0.05) is 43.4 Å². The van der Waals surface area contributed by atoms with Gasteiger partial charge < -0.3 is 33.2 Å². The van der Waals surface area contributed by atoms with Crippen LogP contribution in [0.1, 0.15) is 39.2 Å². The monoisotopic (exact) mass is 510 g/mol. The Morgan fingerprint density at radius 2 is 1.73 bits per heavy atom. The number of benzene rings is 2. The number of methoxy groups -OCH3 is 2. The van der Waals surface area contributed by atoms with Gasteiger partial charge in [0.05, 0.1) is 6.10 Å².